The number of anilines is 2. The first-order chi connectivity index (χ1) is 12.9. The molecule has 140 valence electrons. The van der Waals surface area contributed by atoms with Crippen molar-refractivity contribution >= 4 is 33.5 Å². The standard InChI is InChI=1S/C17H17N5O4S/c1-2-15(23)22-10-12(11-22)16(24)20-13-5-3-6-14(9-13)27(25,26)21-17-18-7-4-8-19-17/h2-9,12H,1,10-11H2,(H,20,24)(H,18,19,21). The third-order valence-electron chi connectivity index (χ3n) is 3.94. The second kappa shape index (κ2) is 7.54. The highest BCUT2D eigenvalue weighted by molar-refractivity contribution is 7.92. The van der Waals surface area contributed by atoms with Crippen molar-refractivity contribution in [3.05, 3.63) is 55.4 Å². The molecule has 0 bridgehead atoms. The number of carbonyl (C=O) groups is 2. The summed E-state index contributed by atoms with van der Waals surface area (Å²) < 4.78 is 27.1. The van der Waals surface area contributed by atoms with Gasteiger partial charge in [0.15, 0.2) is 0 Å². The lowest BCUT2D eigenvalue weighted by Crippen LogP contribution is -2.53. The van der Waals surface area contributed by atoms with E-state index in [9.17, 15) is 18.0 Å². The summed E-state index contributed by atoms with van der Waals surface area (Å²) in [6.45, 7) is 4.01. The van der Waals surface area contributed by atoms with Crippen molar-refractivity contribution in [1.29, 1.82) is 0 Å². The van der Waals surface area contributed by atoms with Gasteiger partial charge in [-0.3, -0.25) is 9.59 Å². The topological polar surface area (TPSA) is 121 Å². The van der Waals surface area contributed by atoms with Crippen LogP contribution in [0.5, 0.6) is 0 Å². The van der Waals surface area contributed by atoms with Gasteiger partial charge in [0, 0.05) is 31.2 Å². The molecule has 1 aromatic heterocycles. The van der Waals surface area contributed by atoms with Gasteiger partial charge in [0.2, 0.25) is 17.8 Å². The first-order valence-electron chi connectivity index (χ1n) is 8.01. The molecular formula is C17H17N5O4S. The van der Waals surface area contributed by atoms with Crippen molar-refractivity contribution in [2.45, 2.75) is 4.90 Å². The molecule has 1 saturated heterocycles. The molecule has 27 heavy (non-hydrogen) atoms. The van der Waals surface area contributed by atoms with Crippen LogP contribution in [0.15, 0.2) is 60.3 Å². The quantitative estimate of drug-likeness (QED) is 0.709. The predicted octanol–water partition coefficient (Wildman–Crippen LogP) is 0.860. The Balaban J connectivity index is 1.66. The SMILES string of the molecule is C=CC(=O)N1CC(C(=O)Nc2cccc(S(=O)(=O)Nc3ncccn3)c2)C1. The third-order valence-corrected chi connectivity index (χ3v) is 5.27. The molecule has 2 N–H and O–H groups in total. The summed E-state index contributed by atoms with van der Waals surface area (Å²) in [4.78, 5) is 32.8. The summed E-state index contributed by atoms with van der Waals surface area (Å²) in [7, 11) is -3.90. The number of nitrogens with one attached hydrogen (secondary N) is 2. The zero-order chi connectivity index (χ0) is 19.4. The van der Waals surface area contributed by atoms with Gasteiger partial charge in [-0.25, -0.2) is 23.1 Å². The van der Waals surface area contributed by atoms with Crippen LogP contribution < -0.4 is 10.0 Å². The van der Waals surface area contributed by atoms with Crippen LogP contribution >= 0.6 is 0 Å². The molecule has 1 aliphatic heterocycles. The van der Waals surface area contributed by atoms with Gasteiger partial charge in [-0.1, -0.05) is 12.6 Å². The van der Waals surface area contributed by atoms with E-state index in [-0.39, 0.29) is 28.6 Å². The maximum absolute atomic E-state index is 12.4. The molecule has 0 saturated carbocycles. The Labute approximate surface area is 156 Å². The van der Waals surface area contributed by atoms with Crippen molar-refractivity contribution < 1.29 is 18.0 Å². The Morgan fingerprint density at radius 3 is 2.56 bits per heavy atom. The molecule has 1 aromatic carbocycles. The second-order valence-electron chi connectivity index (χ2n) is 5.84. The number of carbonyl (C=O) groups excluding carboxylic acids is 2. The lowest BCUT2D eigenvalue weighted by molar-refractivity contribution is -0.137. The van der Waals surface area contributed by atoms with E-state index in [2.05, 4.69) is 26.6 Å². The Hall–Kier alpha value is -3.27. The first kappa shape index (κ1) is 18.5. The van der Waals surface area contributed by atoms with Gasteiger partial charge in [0.25, 0.3) is 10.0 Å². The maximum Gasteiger partial charge on any atom is 0.264 e. The number of hydrogen-bond donors (Lipinski definition) is 2. The number of sulfonamides is 1. The van der Waals surface area contributed by atoms with Crippen LogP contribution in [-0.4, -0.2) is 48.2 Å². The average molecular weight is 387 g/mol. The molecule has 9 nitrogen and oxygen atoms in total. The van der Waals surface area contributed by atoms with E-state index >= 15 is 0 Å². The minimum Gasteiger partial charge on any atom is -0.337 e. The highest BCUT2D eigenvalue weighted by atomic mass is 32.2. The summed E-state index contributed by atoms with van der Waals surface area (Å²) >= 11 is 0. The summed E-state index contributed by atoms with van der Waals surface area (Å²) in [5.74, 6) is -0.892. The molecular weight excluding hydrogens is 370 g/mol. The van der Waals surface area contributed by atoms with E-state index in [1.165, 1.54) is 41.6 Å². The molecule has 0 radical (unpaired) electrons. The van der Waals surface area contributed by atoms with Crippen molar-refractivity contribution in [3.8, 4) is 0 Å². The molecule has 1 fully saturated rings. The number of rotatable bonds is 6. The van der Waals surface area contributed by atoms with Gasteiger partial charge >= 0.3 is 0 Å². The first-order valence-corrected chi connectivity index (χ1v) is 9.49. The van der Waals surface area contributed by atoms with Crippen LogP contribution in [0.25, 0.3) is 0 Å². The van der Waals surface area contributed by atoms with Gasteiger partial charge in [0.05, 0.1) is 10.8 Å². The summed E-state index contributed by atoms with van der Waals surface area (Å²) in [6, 6.07) is 7.41. The largest absolute Gasteiger partial charge is 0.337 e. The smallest absolute Gasteiger partial charge is 0.264 e. The van der Waals surface area contributed by atoms with Crippen LogP contribution in [-0.2, 0) is 19.6 Å². The number of hydrogen-bond acceptors (Lipinski definition) is 6. The van der Waals surface area contributed by atoms with Gasteiger partial charge in [-0.2, -0.15) is 0 Å². The number of amides is 2. The lowest BCUT2D eigenvalue weighted by Gasteiger charge is -2.37. The summed E-state index contributed by atoms with van der Waals surface area (Å²) in [5, 5.41) is 2.67. The zero-order valence-electron chi connectivity index (χ0n) is 14.2. The summed E-state index contributed by atoms with van der Waals surface area (Å²) in [6.07, 6.45) is 4.03. The van der Waals surface area contributed by atoms with E-state index in [0.29, 0.717) is 18.8 Å². The van der Waals surface area contributed by atoms with Gasteiger partial charge < -0.3 is 10.2 Å². The van der Waals surface area contributed by atoms with Crippen LogP contribution in [0.2, 0.25) is 0 Å². The van der Waals surface area contributed by atoms with E-state index in [4.69, 9.17) is 0 Å². The average Bonchev–Trinajstić information content (AvgIpc) is 2.61. The maximum atomic E-state index is 12.4. The van der Waals surface area contributed by atoms with Gasteiger partial charge in [0.1, 0.15) is 0 Å². The Bertz CT molecular complexity index is 972. The monoisotopic (exact) mass is 387 g/mol. The molecule has 0 atom stereocenters. The van der Waals surface area contributed by atoms with Crippen molar-refractivity contribution in [2.24, 2.45) is 5.92 Å². The van der Waals surface area contributed by atoms with Crippen LogP contribution in [0, 0.1) is 5.92 Å². The van der Waals surface area contributed by atoms with Gasteiger partial charge in [-0.05, 0) is 30.3 Å². The van der Waals surface area contributed by atoms with Crippen LogP contribution in [0.4, 0.5) is 11.6 Å². The minimum atomic E-state index is -3.90. The fourth-order valence-electron chi connectivity index (χ4n) is 2.47. The molecule has 1 aliphatic rings. The molecule has 0 spiro atoms. The second-order valence-corrected chi connectivity index (χ2v) is 7.52. The zero-order valence-corrected chi connectivity index (χ0v) is 15.0. The lowest BCUT2D eigenvalue weighted by atomic mass is 9.99. The number of benzene rings is 1. The fraction of sp³-hybridized carbons (Fsp3) is 0.176. The third kappa shape index (κ3) is 4.29. The van der Waals surface area contributed by atoms with Crippen LogP contribution in [0.1, 0.15) is 0 Å². The minimum absolute atomic E-state index is 0.0372. The molecule has 3 rings (SSSR count). The van der Waals surface area contributed by atoms with E-state index in [0.717, 1.165) is 0 Å². The number of nitrogens with zero attached hydrogens (tertiary/aromatic N) is 3. The van der Waals surface area contributed by atoms with E-state index in [1.54, 1.807) is 12.1 Å². The van der Waals surface area contributed by atoms with Crippen molar-refractivity contribution in [2.75, 3.05) is 23.1 Å². The van der Waals surface area contributed by atoms with E-state index in [1.807, 2.05) is 0 Å². The fourth-order valence-corrected chi connectivity index (χ4v) is 3.47. The molecule has 2 aromatic rings. The Kier molecular flexibility index (Phi) is 5.17. The van der Waals surface area contributed by atoms with Crippen molar-refractivity contribution in [1.82, 2.24) is 14.9 Å². The molecule has 2 amide bonds. The van der Waals surface area contributed by atoms with Crippen molar-refractivity contribution in [3.63, 3.8) is 0 Å². The highest BCUT2D eigenvalue weighted by Crippen LogP contribution is 2.21. The molecule has 0 unspecified atom stereocenters. The van der Waals surface area contributed by atoms with Gasteiger partial charge in [-0.15, -0.1) is 0 Å². The van der Waals surface area contributed by atoms with Crippen LogP contribution in [0.3, 0.4) is 0 Å². The molecule has 0 aliphatic carbocycles. The number of likely N-dealkylation sites (tertiary alicyclic amines) is 1. The Morgan fingerprint density at radius 1 is 1.19 bits per heavy atom. The molecule has 10 heteroatoms. The van der Waals surface area contributed by atoms with E-state index < -0.39 is 10.0 Å². The molecule has 2 heterocycles. The number of aromatic nitrogens is 2. The predicted molar refractivity (Wildman–Crippen MR) is 98.2 cm³/mol. The highest BCUT2D eigenvalue weighted by Gasteiger charge is 2.34. The Morgan fingerprint density at radius 2 is 1.89 bits per heavy atom. The normalized spacial score (nSPS) is 14.1. The summed E-state index contributed by atoms with van der Waals surface area (Å²) in [5.41, 5.74) is 0.338.